The van der Waals surface area contributed by atoms with Crippen LogP contribution in [0.4, 0.5) is 0 Å². The Bertz CT molecular complexity index is 787. The maximum absolute atomic E-state index is 12.7. The fraction of sp³-hybridized carbons (Fsp3) is 0.588. The standard InChI is InChI=1S/C17H22O9S/c1-10-4-6-11(7-5-10)27(20,21)26-14-12(8-22-9-13(18)19)23-16-15(14)24-17(2,3)25-16/h4-7,12,14-16H,8-9H2,1-3H3,(H,18,19)/t12-,14+,15-,16+/m1/s1. The summed E-state index contributed by atoms with van der Waals surface area (Å²) in [6, 6.07) is 6.22. The molecule has 0 bridgehead atoms. The first kappa shape index (κ1) is 20.2. The third-order valence-corrected chi connectivity index (χ3v) is 5.47. The van der Waals surface area contributed by atoms with Gasteiger partial charge in [0.2, 0.25) is 0 Å². The van der Waals surface area contributed by atoms with E-state index < -0.39 is 53.1 Å². The quantitative estimate of drug-likeness (QED) is 0.668. The molecule has 0 amide bonds. The van der Waals surface area contributed by atoms with Crippen molar-refractivity contribution in [2.45, 2.75) is 56.1 Å². The molecule has 0 aliphatic carbocycles. The van der Waals surface area contributed by atoms with E-state index in [4.69, 9.17) is 28.2 Å². The summed E-state index contributed by atoms with van der Waals surface area (Å²) < 4.78 is 52.8. The van der Waals surface area contributed by atoms with Gasteiger partial charge in [-0.25, -0.2) is 4.79 Å². The van der Waals surface area contributed by atoms with Crippen molar-refractivity contribution >= 4 is 16.1 Å². The summed E-state index contributed by atoms with van der Waals surface area (Å²) >= 11 is 0. The third-order valence-electron chi connectivity index (χ3n) is 4.14. The lowest BCUT2D eigenvalue weighted by atomic mass is 10.1. The highest BCUT2D eigenvalue weighted by Crippen LogP contribution is 2.39. The van der Waals surface area contributed by atoms with Gasteiger partial charge in [0.1, 0.15) is 24.9 Å². The molecule has 0 aromatic heterocycles. The molecule has 10 heteroatoms. The number of aryl methyl sites for hydroxylation is 1. The smallest absolute Gasteiger partial charge is 0.329 e. The molecule has 4 atom stereocenters. The van der Waals surface area contributed by atoms with Gasteiger partial charge in [0.15, 0.2) is 12.1 Å². The Hall–Kier alpha value is -1.56. The first-order chi connectivity index (χ1) is 12.6. The molecule has 1 N–H and O–H groups in total. The minimum atomic E-state index is -4.10. The van der Waals surface area contributed by atoms with Crippen LogP contribution >= 0.6 is 0 Å². The van der Waals surface area contributed by atoms with Gasteiger partial charge in [-0.05, 0) is 32.9 Å². The van der Waals surface area contributed by atoms with Crippen molar-refractivity contribution in [2.75, 3.05) is 13.2 Å². The molecule has 2 saturated heterocycles. The number of carboxylic acid groups (broad SMARTS) is 1. The van der Waals surface area contributed by atoms with Crippen molar-refractivity contribution in [3.63, 3.8) is 0 Å². The number of rotatable bonds is 7. The molecule has 2 heterocycles. The topological polar surface area (TPSA) is 118 Å². The van der Waals surface area contributed by atoms with Gasteiger partial charge >= 0.3 is 5.97 Å². The van der Waals surface area contributed by atoms with Crippen LogP contribution in [0.1, 0.15) is 19.4 Å². The van der Waals surface area contributed by atoms with Gasteiger partial charge in [0.25, 0.3) is 10.1 Å². The zero-order chi connectivity index (χ0) is 19.8. The average Bonchev–Trinajstić information content (AvgIpc) is 3.00. The monoisotopic (exact) mass is 402 g/mol. The maximum Gasteiger partial charge on any atom is 0.329 e. The van der Waals surface area contributed by atoms with E-state index in [9.17, 15) is 13.2 Å². The summed E-state index contributed by atoms with van der Waals surface area (Å²) in [7, 11) is -4.10. The molecule has 0 saturated carbocycles. The Balaban J connectivity index is 1.78. The molecule has 2 aliphatic rings. The molecule has 2 aliphatic heterocycles. The van der Waals surface area contributed by atoms with E-state index in [0.717, 1.165) is 5.56 Å². The van der Waals surface area contributed by atoms with Crippen molar-refractivity contribution < 1.29 is 41.4 Å². The average molecular weight is 402 g/mol. The number of fused-ring (bicyclic) bond motifs is 1. The van der Waals surface area contributed by atoms with Gasteiger partial charge in [-0.15, -0.1) is 0 Å². The summed E-state index contributed by atoms with van der Waals surface area (Å²) in [4.78, 5) is 10.6. The first-order valence-electron chi connectivity index (χ1n) is 8.38. The molecular weight excluding hydrogens is 380 g/mol. The van der Waals surface area contributed by atoms with E-state index in [0.29, 0.717) is 0 Å². The summed E-state index contributed by atoms with van der Waals surface area (Å²) in [6.07, 6.45) is -3.54. The lowest BCUT2D eigenvalue weighted by Gasteiger charge is -2.25. The fourth-order valence-electron chi connectivity index (χ4n) is 2.97. The van der Waals surface area contributed by atoms with Crippen LogP contribution in [-0.4, -0.2) is 63.1 Å². The Morgan fingerprint density at radius 2 is 1.89 bits per heavy atom. The number of carboxylic acids is 1. The summed E-state index contributed by atoms with van der Waals surface area (Å²) in [6.45, 7) is 4.47. The van der Waals surface area contributed by atoms with E-state index in [-0.39, 0.29) is 11.5 Å². The highest BCUT2D eigenvalue weighted by molar-refractivity contribution is 7.86. The van der Waals surface area contributed by atoms with Crippen LogP contribution in [0.25, 0.3) is 0 Å². The molecule has 3 rings (SSSR count). The normalized spacial score (nSPS) is 29.6. The number of hydrogen-bond donors (Lipinski definition) is 1. The van der Waals surface area contributed by atoms with Crippen LogP contribution in [0, 0.1) is 6.92 Å². The van der Waals surface area contributed by atoms with Gasteiger partial charge in [-0.2, -0.15) is 8.42 Å². The van der Waals surface area contributed by atoms with Crippen molar-refractivity contribution in [3.05, 3.63) is 29.8 Å². The number of benzene rings is 1. The van der Waals surface area contributed by atoms with Crippen molar-refractivity contribution in [1.29, 1.82) is 0 Å². The van der Waals surface area contributed by atoms with Crippen LogP contribution in [0.3, 0.4) is 0 Å². The predicted molar refractivity (Wildman–Crippen MR) is 90.4 cm³/mol. The van der Waals surface area contributed by atoms with Gasteiger partial charge in [0, 0.05) is 0 Å². The Morgan fingerprint density at radius 3 is 2.52 bits per heavy atom. The van der Waals surface area contributed by atoms with Crippen LogP contribution in [0.5, 0.6) is 0 Å². The van der Waals surface area contributed by atoms with E-state index in [2.05, 4.69) is 0 Å². The minimum absolute atomic E-state index is 0.0000650. The van der Waals surface area contributed by atoms with Crippen molar-refractivity contribution in [2.24, 2.45) is 0 Å². The Morgan fingerprint density at radius 1 is 1.22 bits per heavy atom. The molecule has 1 aromatic rings. The summed E-state index contributed by atoms with van der Waals surface area (Å²) in [5, 5.41) is 8.70. The van der Waals surface area contributed by atoms with Crippen molar-refractivity contribution in [3.8, 4) is 0 Å². The summed E-state index contributed by atoms with van der Waals surface area (Å²) in [5.41, 5.74) is 0.910. The zero-order valence-corrected chi connectivity index (χ0v) is 16.0. The maximum atomic E-state index is 12.7. The number of ether oxygens (including phenoxy) is 4. The van der Waals surface area contributed by atoms with Crippen LogP contribution in [0.2, 0.25) is 0 Å². The predicted octanol–water partition coefficient (Wildman–Crippen LogP) is 1.05. The molecule has 0 unspecified atom stereocenters. The van der Waals surface area contributed by atoms with E-state index in [1.165, 1.54) is 12.1 Å². The van der Waals surface area contributed by atoms with E-state index >= 15 is 0 Å². The second kappa shape index (κ2) is 7.46. The largest absolute Gasteiger partial charge is 0.480 e. The van der Waals surface area contributed by atoms with E-state index in [1.807, 2.05) is 6.92 Å². The second-order valence-corrected chi connectivity index (χ2v) is 8.45. The molecule has 1 aromatic carbocycles. The Labute approximate surface area is 157 Å². The van der Waals surface area contributed by atoms with E-state index in [1.54, 1.807) is 26.0 Å². The molecular formula is C17H22O9S. The van der Waals surface area contributed by atoms with Crippen LogP contribution in [0.15, 0.2) is 29.2 Å². The number of aliphatic carboxylic acids is 1. The number of carbonyl (C=O) groups is 1. The van der Waals surface area contributed by atoms with Crippen LogP contribution < -0.4 is 0 Å². The molecule has 0 radical (unpaired) electrons. The number of hydrogen-bond acceptors (Lipinski definition) is 8. The molecule has 0 spiro atoms. The molecule has 2 fully saturated rings. The van der Waals surface area contributed by atoms with Gasteiger partial charge < -0.3 is 24.1 Å². The first-order valence-corrected chi connectivity index (χ1v) is 9.79. The second-order valence-electron chi connectivity index (χ2n) is 6.88. The fourth-order valence-corrected chi connectivity index (χ4v) is 4.07. The summed E-state index contributed by atoms with van der Waals surface area (Å²) in [5.74, 6) is -2.11. The molecule has 150 valence electrons. The third kappa shape index (κ3) is 4.65. The van der Waals surface area contributed by atoms with Gasteiger partial charge in [0.05, 0.1) is 11.5 Å². The highest BCUT2D eigenvalue weighted by atomic mass is 32.2. The zero-order valence-electron chi connectivity index (χ0n) is 15.2. The Kier molecular flexibility index (Phi) is 5.57. The molecule has 27 heavy (non-hydrogen) atoms. The lowest BCUT2D eigenvalue weighted by molar-refractivity contribution is -0.218. The molecule has 9 nitrogen and oxygen atoms in total. The minimum Gasteiger partial charge on any atom is -0.480 e. The SMILES string of the molecule is Cc1ccc(S(=O)(=O)O[C@@H]2[C@H]3OC(C)(C)O[C@@H]3O[C@@H]2COCC(=O)O)cc1. The lowest BCUT2D eigenvalue weighted by Crippen LogP contribution is -2.40. The van der Waals surface area contributed by atoms with Crippen molar-refractivity contribution in [1.82, 2.24) is 0 Å². The van der Waals surface area contributed by atoms with Crippen LogP contribution in [-0.2, 0) is 38.0 Å². The van der Waals surface area contributed by atoms with Gasteiger partial charge in [-0.1, -0.05) is 17.7 Å². The highest BCUT2D eigenvalue weighted by Gasteiger charge is 2.56. The van der Waals surface area contributed by atoms with Gasteiger partial charge in [-0.3, -0.25) is 4.18 Å².